The van der Waals surface area contributed by atoms with Gasteiger partial charge in [0, 0.05) is 13.2 Å². The number of hydrogen-bond acceptors (Lipinski definition) is 2. The van der Waals surface area contributed by atoms with Gasteiger partial charge in [-0.15, -0.1) is 0 Å². The van der Waals surface area contributed by atoms with E-state index in [2.05, 4.69) is 0 Å². The predicted octanol–water partition coefficient (Wildman–Crippen LogP) is 0.170. The number of nitrogens with zero attached hydrogens (tertiary/aromatic N) is 2. The summed E-state index contributed by atoms with van der Waals surface area (Å²) in [5, 5.41) is 0. The molecule has 1 amide bonds. The Hall–Kier alpha value is -1.25. The number of likely N-dealkylation sites (N-methyl/N-ethyl adjacent to an activating group) is 1. The first-order valence-electron chi connectivity index (χ1n) is 3.65. The Morgan fingerprint density at radius 2 is 2.36 bits per heavy atom. The van der Waals surface area contributed by atoms with Crippen LogP contribution >= 0.6 is 0 Å². The molecule has 0 saturated carbocycles. The molecule has 0 radical (unpaired) electrons. The monoisotopic (exact) mass is 150 g/mol. The number of hydrogen-bond donors (Lipinski definition) is 0. The average Bonchev–Trinajstić information content (AvgIpc) is 2.30. The number of amides is 1. The van der Waals surface area contributed by atoms with Crippen LogP contribution in [0.5, 0.6) is 0 Å². The molecule has 3 heteroatoms. The van der Waals surface area contributed by atoms with Gasteiger partial charge in [0.1, 0.15) is 6.17 Å². The van der Waals surface area contributed by atoms with Gasteiger partial charge < -0.3 is 9.80 Å². The maximum atomic E-state index is 11.2. The Balaban J connectivity index is 2.27. The fraction of sp³-hybridized carbons (Fsp3) is 0.375. The Bertz CT molecular complexity index is 244. The maximum absolute atomic E-state index is 11.2. The van der Waals surface area contributed by atoms with Gasteiger partial charge in [0.25, 0.3) is 0 Å². The molecule has 1 atom stereocenters. The number of allylic oxidation sites excluding steroid dienone is 2. The molecule has 1 fully saturated rings. The van der Waals surface area contributed by atoms with Crippen LogP contribution in [0, 0.1) is 0 Å². The van der Waals surface area contributed by atoms with Crippen molar-refractivity contribution in [3.05, 3.63) is 24.4 Å². The van der Waals surface area contributed by atoms with Gasteiger partial charge in [-0.25, -0.2) is 0 Å². The van der Waals surface area contributed by atoms with E-state index in [1.807, 2.05) is 36.4 Å². The van der Waals surface area contributed by atoms with E-state index in [9.17, 15) is 4.79 Å². The van der Waals surface area contributed by atoms with Crippen LogP contribution in [0.3, 0.4) is 0 Å². The van der Waals surface area contributed by atoms with E-state index in [0.29, 0.717) is 6.54 Å². The molecule has 0 aromatic heterocycles. The van der Waals surface area contributed by atoms with Gasteiger partial charge in [-0.05, 0) is 12.2 Å². The normalized spacial score (nSPS) is 28.1. The van der Waals surface area contributed by atoms with Gasteiger partial charge in [0.2, 0.25) is 5.91 Å². The largest absolute Gasteiger partial charge is 0.345 e. The summed E-state index contributed by atoms with van der Waals surface area (Å²) in [7, 11) is 1.83. The molecular formula is C8H10N2O. The van der Waals surface area contributed by atoms with E-state index in [4.69, 9.17) is 0 Å². The summed E-state index contributed by atoms with van der Waals surface area (Å²) in [5.74, 6) is 0.186. The van der Waals surface area contributed by atoms with Gasteiger partial charge in [0.05, 0.1) is 6.54 Å². The molecule has 0 spiro atoms. The number of fused-ring (bicyclic) bond motifs is 1. The molecule has 2 aliphatic rings. The van der Waals surface area contributed by atoms with E-state index in [-0.39, 0.29) is 12.1 Å². The summed E-state index contributed by atoms with van der Waals surface area (Å²) < 4.78 is 0. The molecule has 0 aliphatic carbocycles. The molecule has 58 valence electrons. The van der Waals surface area contributed by atoms with Crippen molar-refractivity contribution >= 4 is 5.91 Å². The van der Waals surface area contributed by atoms with Crippen LogP contribution in [0.15, 0.2) is 24.4 Å². The molecule has 3 nitrogen and oxygen atoms in total. The lowest BCUT2D eigenvalue weighted by Crippen LogP contribution is -2.33. The summed E-state index contributed by atoms with van der Waals surface area (Å²) in [6.45, 7) is 0.516. The molecule has 0 N–H and O–H groups in total. The lowest BCUT2D eigenvalue weighted by atomic mass is 10.3. The van der Waals surface area contributed by atoms with Crippen molar-refractivity contribution in [2.45, 2.75) is 6.17 Å². The second-order valence-electron chi connectivity index (χ2n) is 2.82. The van der Waals surface area contributed by atoms with Crippen molar-refractivity contribution in [1.29, 1.82) is 0 Å². The Morgan fingerprint density at radius 1 is 1.55 bits per heavy atom. The topological polar surface area (TPSA) is 23.6 Å². The molecule has 1 saturated heterocycles. The Morgan fingerprint density at radius 3 is 3.09 bits per heavy atom. The van der Waals surface area contributed by atoms with Crippen LogP contribution in [0.1, 0.15) is 0 Å². The van der Waals surface area contributed by atoms with E-state index >= 15 is 0 Å². The SMILES string of the molecule is CN1C(=O)CN2C=CC=C[C@H]21. The summed E-state index contributed by atoms with van der Waals surface area (Å²) in [6, 6.07) is 0. The minimum absolute atomic E-state index is 0.160. The summed E-state index contributed by atoms with van der Waals surface area (Å²) in [6.07, 6.45) is 8.04. The minimum Gasteiger partial charge on any atom is -0.345 e. The fourth-order valence-electron chi connectivity index (χ4n) is 1.44. The second kappa shape index (κ2) is 2.12. The average molecular weight is 150 g/mol. The second-order valence-corrected chi connectivity index (χ2v) is 2.82. The van der Waals surface area contributed by atoms with Gasteiger partial charge in [0.15, 0.2) is 0 Å². The number of carbonyl (C=O) groups is 1. The highest BCUT2D eigenvalue weighted by Gasteiger charge is 2.31. The summed E-state index contributed by atoms with van der Waals surface area (Å²) >= 11 is 0. The van der Waals surface area contributed by atoms with E-state index in [1.54, 1.807) is 4.90 Å². The first-order valence-corrected chi connectivity index (χ1v) is 3.65. The van der Waals surface area contributed by atoms with Gasteiger partial charge in [-0.1, -0.05) is 6.08 Å². The molecule has 2 heterocycles. The predicted molar refractivity (Wildman–Crippen MR) is 41.5 cm³/mol. The third-order valence-corrected chi connectivity index (χ3v) is 2.12. The summed E-state index contributed by atoms with van der Waals surface area (Å²) in [5.41, 5.74) is 0. The number of carbonyl (C=O) groups excluding carboxylic acids is 1. The molecule has 0 aromatic carbocycles. The van der Waals surface area contributed by atoms with Crippen molar-refractivity contribution in [3.63, 3.8) is 0 Å². The lowest BCUT2D eigenvalue weighted by molar-refractivity contribution is -0.126. The molecule has 11 heavy (non-hydrogen) atoms. The molecule has 0 unspecified atom stereocenters. The van der Waals surface area contributed by atoms with E-state index in [1.165, 1.54) is 0 Å². The van der Waals surface area contributed by atoms with Crippen molar-refractivity contribution in [3.8, 4) is 0 Å². The minimum atomic E-state index is 0.160. The van der Waals surface area contributed by atoms with Crippen LogP contribution in [-0.4, -0.2) is 35.5 Å². The maximum Gasteiger partial charge on any atom is 0.243 e. The lowest BCUT2D eigenvalue weighted by Gasteiger charge is -2.24. The van der Waals surface area contributed by atoms with Crippen molar-refractivity contribution in [2.24, 2.45) is 0 Å². The van der Waals surface area contributed by atoms with Gasteiger partial charge >= 0.3 is 0 Å². The first kappa shape index (κ1) is 6.46. The van der Waals surface area contributed by atoms with Crippen LogP contribution in [-0.2, 0) is 4.79 Å². The molecule has 2 rings (SSSR count). The molecule has 0 bridgehead atoms. The highest BCUT2D eigenvalue weighted by Crippen LogP contribution is 2.17. The molecule has 0 aromatic rings. The third-order valence-electron chi connectivity index (χ3n) is 2.12. The van der Waals surface area contributed by atoms with Crippen LogP contribution < -0.4 is 0 Å². The highest BCUT2D eigenvalue weighted by molar-refractivity contribution is 5.81. The van der Waals surface area contributed by atoms with E-state index < -0.39 is 0 Å². The first-order chi connectivity index (χ1) is 5.29. The van der Waals surface area contributed by atoms with Gasteiger partial charge in [-0.2, -0.15) is 0 Å². The Kier molecular flexibility index (Phi) is 1.24. The standard InChI is InChI=1S/C8H10N2O/c1-9-7-4-2-3-5-10(7)6-8(9)11/h2-5,7H,6H2,1H3/t7-/m0/s1. The quantitative estimate of drug-likeness (QED) is 0.491. The smallest absolute Gasteiger partial charge is 0.243 e. The van der Waals surface area contributed by atoms with Crippen LogP contribution in [0.2, 0.25) is 0 Å². The zero-order chi connectivity index (χ0) is 7.84. The Labute approximate surface area is 65.6 Å². The zero-order valence-corrected chi connectivity index (χ0v) is 6.40. The van der Waals surface area contributed by atoms with Crippen molar-refractivity contribution < 1.29 is 4.79 Å². The third kappa shape index (κ3) is 0.843. The van der Waals surface area contributed by atoms with Crippen molar-refractivity contribution in [2.75, 3.05) is 13.6 Å². The fourth-order valence-corrected chi connectivity index (χ4v) is 1.44. The number of rotatable bonds is 0. The summed E-state index contributed by atoms with van der Waals surface area (Å²) in [4.78, 5) is 14.9. The van der Waals surface area contributed by atoms with Crippen molar-refractivity contribution in [1.82, 2.24) is 9.80 Å². The zero-order valence-electron chi connectivity index (χ0n) is 6.40. The van der Waals surface area contributed by atoms with Crippen LogP contribution in [0.25, 0.3) is 0 Å². The van der Waals surface area contributed by atoms with E-state index in [0.717, 1.165) is 0 Å². The molecular weight excluding hydrogens is 140 g/mol. The van der Waals surface area contributed by atoms with Gasteiger partial charge in [-0.3, -0.25) is 4.79 Å². The molecule has 2 aliphatic heterocycles. The highest BCUT2D eigenvalue weighted by atomic mass is 16.2. The van der Waals surface area contributed by atoms with Crippen LogP contribution in [0.4, 0.5) is 0 Å².